The first-order chi connectivity index (χ1) is 6.43. The normalized spacial score (nSPS) is 14.5. The molecule has 0 atom stereocenters. The summed E-state index contributed by atoms with van der Waals surface area (Å²) in [6, 6.07) is 0. The van der Waals surface area contributed by atoms with Crippen molar-refractivity contribution in [2.45, 2.75) is 26.7 Å². The Morgan fingerprint density at radius 2 is 1.79 bits per heavy atom. The van der Waals surface area contributed by atoms with Crippen LogP contribution in [0.25, 0.3) is 0 Å². The molecule has 0 aromatic heterocycles. The molecule has 5 heteroatoms. The van der Waals surface area contributed by atoms with Crippen molar-refractivity contribution in [3.63, 3.8) is 0 Å². The van der Waals surface area contributed by atoms with E-state index < -0.39 is 11.9 Å². The standard InChI is InChI=1S/C5H9NO.C4H6O3/c1-6-4-2-3-5(6)7;1-3(5)7-4(2)6/h2-4H2,1H3;1-2H3. The van der Waals surface area contributed by atoms with Crippen molar-refractivity contribution in [1.82, 2.24) is 4.90 Å². The molecule has 1 saturated heterocycles. The Hall–Kier alpha value is -1.39. The third-order valence-electron chi connectivity index (χ3n) is 1.60. The molecule has 5 nitrogen and oxygen atoms in total. The van der Waals surface area contributed by atoms with E-state index in [-0.39, 0.29) is 0 Å². The minimum Gasteiger partial charge on any atom is -0.394 e. The fraction of sp³-hybridized carbons (Fsp3) is 0.667. The van der Waals surface area contributed by atoms with Crippen LogP contribution < -0.4 is 0 Å². The van der Waals surface area contributed by atoms with Crippen LogP contribution in [0.5, 0.6) is 0 Å². The Morgan fingerprint density at radius 1 is 1.29 bits per heavy atom. The van der Waals surface area contributed by atoms with Gasteiger partial charge >= 0.3 is 11.9 Å². The molecule has 0 radical (unpaired) electrons. The van der Waals surface area contributed by atoms with E-state index in [4.69, 9.17) is 0 Å². The van der Waals surface area contributed by atoms with Crippen LogP contribution in [-0.4, -0.2) is 36.3 Å². The summed E-state index contributed by atoms with van der Waals surface area (Å²) < 4.78 is 3.97. The Labute approximate surface area is 83.0 Å². The SMILES string of the molecule is CC(=O)OC(C)=O.CN1CCCC1=O. The summed E-state index contributed by atoms with van der Waals surface area (Å²) in [5.74, 6) is -0.833. The summed E-state index contributed by atoms with van der Waals surface area (Å²) in [5, 5.41) is 0. The van der Waals surface area contributed by atoms with Gasteiger partial charge in [-0.2, -0.15) is 0 Å². The van der Waals surface area contributed by atoms with E-state index in [0.29, 0.717) is 5.91 Å². The van der Waals surface area contributed by atoms with E-state index >= 15 is 0 Å². The lowest BCUT2D eigenvalue weighted by Crippen LogP contribution is -2.17. The van der Waals surface area contributed by atoms with Crippen LogP contribution in [0.3, 0.4) is 0 Å². The first kappa shape index (κ1) is 12.6. The summed E-state index contributed by atoms with van der Waals surface area (Å²) in [6.45, 7) is 3.32. The Balaban J connectivity index is 0.000000241. The number of carbonyl (C=O) groups excluding carboxylic acids is 3. The van der Waals surface area contributed by atoms with Crippen LogP contribution in [0, 0.1) is 0 Å². The van der Waals surface area contributed by atoms with Gasteiger partial charge in [-0.1, -0.05) is 0 Å². The second-order valence-corrected chi connectivity index (χ2v) is 3.00. The van der Waals surface area contributed by atoms with E-state index in [1.807, 2.05) is 7.05 Å². The monoisotopic (exact) mass is 201 g/mol. The highest BCUT2D eigenvalue weighted by molar-refractivity contribution is 5.82. The summed E-state index contributed by atoms with van der Waals surface area (Å²) in [5.41, 5.74) is 0. The Kier molecular flexibility index (Phi) is 5.52. The smallest absolute Gasteiger partial charge is 0.310 e. The van der Waals surface area contributed by atoms with Crippen LogP contribution in [0.15, 0.2) is 0 Å². The van der Waals surface area contributed by atoms with Crippen LogP contribution in [0.1, 0.15) is 26.7 Å². The van der Waals surface area contributed by atoms with E-state index in [1.165, 1.54) is 13.8 Å². The average Bonchev–Trinajstić information content (AvgIpc) is 2.34. The average molecular weight is 201 g/mol. The van der Waals surface area contributed by atoms with Crippen molar-refractivity contribution < 1.29 is 19.1 Å². The van der Waals surface area contributed by atoms with Crippen molar-refractivity contribution in [2.75, 3.05) is 13.6 Å². The third kappa shape index (κ3) is 6.16. The molecule has 0 aromatic rings. The highest BCUT2D eigenvalue weighted by Gasteiger charge is 2.14. The minimum atomic E-state index is -0.562. The molecule has 14 heavy (non-hydrogen) atoms. The molecule has 1 heterocycles. The molecular weight excluding hydrogens is 186 g/mol. The van der Waals surface area contributed by atoms with Crippen LogP contribution in [0.4, 0.5) is 0 Å². The largest absolute Gasteiger partial charge is 0.394 e. The van der Waals surface area contributed by atoms with E-state index in [1.54, 1.807) is 4.90 Å². The molecule has 1 amide bonds. The van der Waals surface area contributed by atoms with Gasteiger partial charge in [-0.05, 0) is 6.42 Å². The quantitative estimate of drug-likeness (QED) is 0.418. The number of esters is 2. The Bertz CT molecular complexity index is 225. The highest BCUT2D eigenvalue weighted by atomic mass is 16.6. The number of hydrogen-bond acceptors (Lipinski definition) is 4. The first-order valence-electron chi connectivity index (χ1n) is 4.36. The van der Waals surface area contributed by atoms with Gasteiger partial charge in [0.05, 0.1) is 0 Å². The molecule has 1 rings (SSSR count). The molecule has 80 valence electrons. The minimum absolute atomic E-state index is 0.292. The number of carbonyl (C=O) groups is 3. The number of likely N-dealkylation sites (tertiary alicyclic amines) is 1. The maximum atomic E-state index is 10.5. The maximum absolute atomic E-state index is 10.5. The summed E-state index contributed by atoms with van der Waals surface area (Å²) >= 11 is 0. The van der Waals surface area contributed by atoms with Gasteiger partial charge in [-0.25, -0.2) is 0 Å². The second kappa shape index (κ2) is 6.12. The topological polar surface area (TPSA) is 63.7 Å². The molecule has 0 aromatic carbocycles. The van der Waals surface area contributed by atoms with Crippen molar-refractivity contribution in [1.29, 1.82) is 0 Å². The van der Waals surface area contributed by atoms with E-state index in [2.05, 4.69) is 4.74 Å². The summed E-state index contributed by atoms with van der Waals surface area (Å²) in [6.07, 6.45) is 1.81. The van der Waals surface area contributed by atoms with Gasteiger partial charge in [0, 0.05) is 33.9 Å². The van der Waals surface area contributed by atoms with Crippen LogP contribution >= 0.6 is 0 Å². The van der Waals surface area contributed by atoms with E-state index in [9.17, 15) is 14.4 Å². The molecule has 0 N–H and O–H groups in total. The predicted octanol–water partition coefficient (Wildman–Crippen LogP) is 0.335. The number of nitrogens with zero attached hydrogens (tertiary/aromatic N) is 1. The maximum Gasteiger partial charge on any atom is 0.310 e. The van der Waals surface area contributed by atoms with Gasteiger partial charge in [0.15, 0.2) is 0 Å². The third-order valence-corrected chi connectivity index (χ3v) is 1.60. The van der Waals surface area contributed by atoms with Crippen molar-refractivity contribution in [3.8, 4) is 0 Å². The fourth-order valence-electron chi connectivity index (χ4n) is 0.985. The predicted molar refractivity (Wildman–Crippen MR) is 49.3 cm³/mol. The zero-order chi connectivity index (χ0) is 11.1. The van der Waals surface area contributed by atoms with Crippen LogP contribution in [-0.2, 0) is 19.1 Å². The molecule has 1 aliphatic rings. The van der Waals surface area contributed by atoms with Crippen molar-refractivity contribution >= 4 is 17.8 Å². The fourth-order valence-corrected chi connectivity index (χ4v) is 0.985. The molecule has 0 saturated carbocycles. The number of hydrogen-bond donors (Lipinski definition) is 0. The summed E-state index contributed by atoms with van der Waals surface area (Å²) in [4.78, 5) is 31.9. The van der Waals surface area contributed by atoms with E-state index in [0.717, 1.165) is 19.4 Å². The molecular formula is C9H15NO4. The van der Waals surface area contributed by atoms with Gasteiger partial charge in [-0.15, -0.1) is 0 Å². The molecule has 1 fully saturated rings. The molecule has 0 aliphatic carbocycles. The lowest BCUT2D eigenvalue weighted by atomic mass is 10.4. The van der Waals surface area contributed by atoms with Crippen molar-refractivity contribution in [3.05, 3.63) is 0 Å². The molecule has 0 spiro atoms. The summed E-state index contributed by atoms with van der Waals surface area (Å²) in [7, 11) is 1.84. The second-order valence-electron chi connectivity index (χ2n) is 3.00. The lowest BCUT2D eigenvalue weighted by Gasteiger charge is -2.03. The molecule has 1 aliphatic heterocycles. The highest BCUT2D eigenvalue weighted by Crippen LogP contribution is 2.04. The van der Waals surface area contributed by atoms with Gasteiger partial charge in [0.2, 0.25) is 5.91 Å². The van der Waals surface area contributed by atoms with Gasteiger partial charge in [0.25, 0.3) is 0 Å². The van der Waals surface area contributed by atoms with Crippen molar-refractivity contribution in [2.24, 2.45) is 0 Å². The zero-order valence-electron chi connectivity index (χ0n) is 8.70. The van der Waals surface area contributed by atoms with Gasteiger partial charge in [0.1, 0.15) is 0 Å². The van der Waals surface area contributed by atoms with Crippen LogP contribution in [0.2, 0.25) is 0 Å². The Morgan fingerprint density at radius 3 is 1.86 bits per heavy atom. The van der Waals surface area contributed by atoms with Gasteiger partial charge in [-0.3, -0.25) is 14.4 Å². The first-order valence-corrected chi connectivity index (χ1v) is 4.36. The number of rotatable bonds is 0. The molecule has 0 bridgehead atoms. The number of amides is 1. The lowest BCUT2D eigenvalue weighted by molar-refractivity contribution is -0.156. The zero-order valence-corrected chi connectivity index (χ0v) is 8.70. The van der Waals surface area contributed by atoms with Gasteiger partial charge < -0.3 is 9.64 Å². The number of ether oxygens (including phenoxy) is 1. The molecule has 0 unspecified atom stereocenters.